The van der Waals surface area contributed by atoms with Gasteiger partial charge in [0, 0.05) is 0 Å². The van der Waals surface area contributed by atoms with Crippen molar-refractivity contribution in [3.63, 3.8) is 0 Å². The van der Waals surface area contributed by atoms with Crippen LogP contribution in [0.15, 0.2) is 21.2 Å². The summed E-state index contributed by atoms with van der Waals surface area (Å²) in [7, 11) is 0. The van der Waals surface area contributed by atoms with Gasteiger partial charge >= 0.3 is 0 Å². The summed E-state index contributed by atoms with van der Waals surface area (Å²) in [5, 5.41) is 0. The second-order valence-corrected chi connectivity index (χ2v) is 2.93. The van der Waals surface area contributed by atoms with Gasteiger partial charge in [-0.05, 0) is 28.1 Å². The van der Waals surface area contributed by atoms with Crippen LogP contribution < -0.4 is 0 Å². The Morgan fingerprint density at radius 1 is 1.58 bits per heavy atom. The maximum atomic E-state index is 11.7. The molecule has 0 amide bonds. The first kappa shape index (κ1) is 9.38. The van der Waals surface area contributed by atoms with Gasteiger partial charge in [0.15, 0.2) is 4.67 Å². The molecule has 66 valence electrons. The van der Waals surface area contributed by atoms with E-state index in [0.717, 1.165) is 0 Å². The van der Waals surface area contributed by atoms with E-state index in [0.29, 0.717) is 4.67 Å². The molecule has 0 unspecified atom stereocenters. The standard InChI is InChI=1S/C7H5BrF2O2/c8-6-2-1-4(12-6)3-5(11)7(9)10/h1-2,7H,3H2. The summed E-state index contributed by atoms with van der Waals surface area (Å²) in [6.45, 7) is 0. The molecule has 0 spiro atoms. The lowest BCUT2D eigenvalue weighted by Crippen LogP contribution is -2.12. The van der Waals surface area contributed by atoms with E-state index in [1.165, 1.54) is 6.07 Å². The van der Waals surface area contributed by atoms with Crippen LogP contribution in [-0.4, -0.2) is 12.2 Å². The molecule has 12 heavy (non-hydrogen) atoms. The first-order valence-corrected chi connectivity index (χ1v) is 3.94. The Bertz CT molecular complexity index is 283. The van der Waals surface area contributed by atoms with Crippen LogP contribution in [0.4, 0.5) is 8.78 Å². The zero-order valence-electron chi connectivity index (χ0n) is 5.89. The summed E-state index contributed by atoms with van der Waals surface area (Å²) in [4.78, 5) is 10.5. The van der Waals surface area contributed by atoms with Crippen molar-refractivity contribution >= 4 is 21.7 Å². The molecule has 1 heterocycles. The molecule has 1 aromatic heterocycles. The van der Waals surface area contributed by atoms with Crippen LogP contribution in [0, 0.1) is 0 Å². The molecular formula is C7H5BrF2O2. The maximum Gasteiger partial charge on any atom is 0.296 e. The molecular weight excluding hydrogens is 234 g/mol. The Balaban J connectivity index is 2.58. The van der Waals surface area contributed by atoms with E-state index in [9.17, 15) is 13.6 Å². The van der Waals surface area contributed by atoms with Crippen LogP contribution in [0.3, 0.4) is 0 Å². The summed E-state index contributed by atoms with van der Waals surface area (Å²) < 4.78 is 28.7. The molecule has 0 N–H and O–H groups in total. The molecule has 0 saturated carbocycles. The maximum absolute atomic E-state index is 11.7. The van der Waals surface area contributed by atoms with E-state index in [4.69, 9.17) is 4.42 Å². The predicted octanol–water partition coefficient (Wildman–Crippen LogP) is 2.42. The zero-order chi connectivity index (χ0) is 9.14. The van der Waals surface area contributed by atoms with Gasteiger partial charge in [0.2, 0.25) is 5.78 Å². The van der Waals surface area contributed by atoms with Gasteiger partial charge in [0.05, 0.1) is 6.42 Å². The average molecular weight is 239 g/mol. The minimum atomic E-state index is -2.92. The van der Waals surface area contributed by atoms with E-state index in [-0.39, 0.29) is 12.2 Å². The fourth-order valence-corrected chi connectivity index (χ4v) is 1.04. The molecule has 0 aliphatic heterocycles. The van der Waals surface area contributed by atoms with Crippen molar-refractivity contribution in [2.45, 2.75) is 12.8 Å². The lowest BCUT2D eigenvalue weighted by molar-refractivity contribution is -0.129. The van der Waals surface area contributed by atoms with Crippen molar-refractivity contribution < 1.29 is 18.0 Å². The number of ketones is 1. The summed E-state index contributed by atoms with van der Waals surface area (Å²) >= 11 is 2.99. The second-order valence-electron chi connectivity index (χ2n) is 2.15. The molecule has 2 nitrogen and oxygen atoms in total. The van der Waals surface area contributed by atoms with Crippen LogP contribution in [0.1, 0.15) is 5.76 Å². The van der Waals surface area contributed by atoms with Crippen LogP contribution in [0.5, 0.6) is 0 Å². The number of hydrogen-bond acceptors (Lipinski definition) is 2. The number of hydrogen-bond donors (Lipinski definition) is 0. The Hall–Kier alpha value is -0.710. The molecule has 0 fully saturated rings. The summed E-state index contributed by atoms with van der Waals surface area (Å²) in [6, 6.07) is 3.03. The quantitative estimate of drug-likeness (QED) is 0.810. The molecule has 1 rings (SSSR count). The van der Waals surface area contributed by atoms with Gasteiger partial charge in [-0.1, -0.05) is 0 Å². The average Bonchev–Trinajstić information content (AvgIpc) is 2.35. The largest absolute Gasteiger partial charge is 0.454 e. The Morgan fingerprint density at radius 3 is 2.67 bits per heavy atom. The third kappa shape index (κ3) is 2.41. The molecule has 0 atom stereocenters. The highest BCUT2D eigenvalue weighted by Crippen LogP contribution is 2.15. The Labute approximate surface area is 75.7 Å². The molecule has 0 aromatic carbocycles. The third-order valence-corrected chi connectivity index (χ3v) is 1.65. The molecule has 1 aromatic rings. The minimum absolute atomic E-state index is 0.243. The number of alkyl halides is 2. The van der Waals surface area contributed by atoms with E-state index < -0.39 is 12.2 Å². The van der Waals surface area contributed by atoms with Gasteiger partial charge in [-0.3, -0.25) is 4.79 Å². The lowest BCUT2D eigenvalue weighted by atomic mass is 10.2. The molecule has 0 radical (unpaired) electrons. The Kier molecular flexibility index (Phi) is 2.97. The molecule has 0 aliphatic rings. The zero-order valence-corrected chi connectivity index (χ0v) is 7.48. The van der Waals surface area contributed by atoms with Crippen molar-refractivity contribution in [2.75, 3.05) is 0 Å². The predicted molar refractivity (Wildman–Crippen MR) is 41.1 cm³/mol. The second kappa shape index (κ2) is 3.80. The van der Waals surface area contributed by atoms with Crippen molar-refractivity contribution in [3.8, 4) is 0 Å². The fourth-order valence-electron chi connectivity index (χ4n) is 0.696. The van der Waals surface area contributed by atoms with Gasteiger partial charge in [-0.25, -0.2) is 8.78 Å². The topological polar surface area (TPSA) is 30.2 Å². The molecule has 5 heteroatoms. The van der Waals surface area contributed by atoms with Gasteiger partial charge in [0.25, 0.3) is 6.43 Å². The number of furan rings is 1. The SMILES string of the molecule is O=C(Cc1ccc(Br)o1)C(F)F. The van der Waals surface area contributed by atoms with Gasteiger partial charge in [0.1, 0.15) is 5.76 Å². The summed E-state index contributed by atoms with van der Waals surface area (Å²) in [5.41, 5.74) is 0. The fraction of sp³-hybridized carbons (Fsp3) is 0.286. The summed E-state index contributed by atoms with van der Waals surface area (Å²) in [6.07, 6.45) is -3.28. The minimum Gasteiger partial charge on any atom is -0.454 e. The number of carbonyl (C=O) groups is 1. The first-order chi connectivity index (χ1) is 5.59. The van der Waals surface area contributed by atoms with Crippen LogP contribution in [-0.2, 0) is 11.2 Å². The number of halogens is 3. The van der Waals surface area contributed by atoms with Crippen molar-refractivity contribution in [1.82, 2.24) is 0 Å². The van der Waals surface area contributed by atoms with Crippen LogP contribution in [0.25, 0.3) is 0 Å². The van der Waals surface area contributed by atoms with E-state index >= 15 is 0 Å². The normalized spacial score (nSPS) is 10.7. The number of Topliss-reactive ketones (excluding diaryl/α,β-unsaturated/α-hetero) is 1. The van der Waals surface area contributed by atoms with Crippen LogP contribution >= 0.6 is 15.9 Å². The molecule has 0 saturated heterocycles. The van der Waals surface area contributed by atoms with Gasteiger partial charge < -0.3 is 4.42 Å². The number of carbonyl (C=O) groups excluding carboxylic acids is 1. The number of rotatable bonds is 3. The van der Waals surface area contributed by atoms with Crippen LogP contribution in [0.2, 0.25) is 0 Å². The first-order valence-electron chi connectivity index (χ1n) is 3.14. The van der Waals surface area contributed by atoms with Crippen molar-refractivity contribution in [1.29, 1.82) is 0 Å². The van der Waals surface area contributed by atoms with Crippen molar-refractivity contribution in [2.24, 2.45) is 0 Å². The van der Waals surface area contributed by atoms with Gasteiger partial charge in [-0.15, -0.1) is 0 Å². The van der Waals surface area contributed by atoms with Crippen molar-refractivity contribution in [3.05, 3.63) is 22.6 Å². The highest BCUT2D eigenvalue weighted by Gasteiger charge is 2.17. The van der Waals surface area contributed by atoms with E-state index in [1.54, 1.807) is 6.07 Å². The summed E-state index contributed by atoms with van der Waals surface area (Å²) in [5.74, 6) is -0.885. The highest BCUT2D eigenvalue weighted by molar-refractivity contribution is 9.10. The van der Waals surface area contributed by atoms with E-state index in [1.807, 2.05) is 0 Å². The Morgan fingerprint density at radius 2 is 2.25 bits per heavy atom. The van der Waals surface area contributed by atoms with Gasteiger partial charge in [-0.2, -0.15) is 0 Å². The van der Waals surface area contributed by atoms with E-state index in [2.05, 4.69) is 15.9 Å². The molecule has 0 bridgehead atoms. The lowest BCUT2D eigenvalue weighted by Gasteiger charge is -1.94. The third-order valence-electron chi connectivity index (χ3n) is 1.22. The molecule has 0 aliphatic carbocycles. The monoisotopic (exact) mass is 238 g/mol. The smallest absolute Gasteiger partial charge is 0.296 e. The highest BCUT2D eigenvalue weighted by atomic mass is 79.9.